The first kappa shape index (κ1) is 16.6. The van der Waals surface area contributed by atoms with E-state index in [0.717, 1.165) is 11.4 Å². The number of nitrogens with one attached hydrogen (secondary N) is 1. The van der Waals surface area contributed by atoms with Crippen molar-refractivity contribution >= 4 is 35.0 Å². The lowest BCUT2D eigenvalue weighted by Gasteiger charge is -2.07. The van der Waals surface area contributed by atoms with Crippen molar-refractivity contribution in [3.05, 3.63) is 77.6 Å². The molecule has 0 aliphatic carbocycles. The van der Waals surface area contributed by atoms with Gasteiger partial charge in [0.05, 0.1) is 22.2 Å². The quantitative estimate of drug-likeness (QED) is 0.711. The monoisotopic (exact) mass is 357 g/mol. The van der Waals surface area contributed by atoms with Crippen molar-refractivity contribution in [1.29, 1.82) is 0 Å². The van der Waals surface area contributed by atoms with E-state index in [4.69, 9.17) is 11.6 Å². The fourth-order valence-electron chi connectivity index (χ4n) is 2.18. The van der Waals surface area contributed by atoms with Crippen molar-refractivity contribution in [3.8, 4) is 5.69 Å². The van der Waals surface area contributed by atoms with Gasteiger partial charge < -0.3 is 5.32 Å². The highest BCUT2D eigenvalue weighted by Crippen LogP contribution is 2.21. The van der Waals surface area contributed by atoms with E-state index in [1.807, 2.05) is 41.2 Å². The van der Waals surface area contributed by atoms with Gasteiger partial charge in [0.1, 0.15) is 0 Å². The third kappa shape index (κ3) is 4.40. The molecule has 3 aromatic rings. The van der Waals surface area contributed by atoms with Crippen molar-refractivity contribution in [1.82, 2.24) is 9.78 Å². The van der Waals surface area contributed by atoms with Crippen molar-refractivity contribution < 1.29 is 4.79 Å². The minimum Gasteiger partial charge on any atom is -0.324 e. The first-order valence-electron chi connectivity index (χ1n) is 7.43. The summed E-state index contributed by atoms with van der Waals surface area (Å²) in [6.45, 7) is 0. The number of aromatic nitrogens is 2. The summed E-state index contributed by atoms with van der Waals surface area (Å²) in [6.07, 6.45) is 3.66. The molecule has 0 fully saturated rings. The van der Waals surface area contributed by atoms with E-state index < -0.39 is 0 Å². The van der Waals surface area contributed by atoms with E-state index in [-0.39, 0.29) is 5.91 Å². The Morgan fingerprint density at radius 2 is 1.92 bits per heavy atom. The second kappa shape index (κ2) is 8.04. The number of hydrogen-bond donors (Lipinski definition) is 1. The van der Waals surface area contributed by atoms with Gasteiger partial charge in [-0.05, 0) is 35.9 Å². The molecule has 6 heteroatoms. The summed E-state index contributed by atoms with van der Waals surface area (Å²) in [6, 6.07) is 17.3. The Labute approximate surface area is 149 Å². The molecule has 2 aromatic carbocycles. The molecular formula is C18H16ClN3OS. The second-order valence-corrected chi connectivity index (χ2v) is 6.53. The molecule has 1 amide bonds. The highest BCUT2D eigenvalue weighted by atomic mass is 35.5. The van der Waals surface area contributed by atoms with Gasteiger partial charge in [-0.15, -0.1) is 11.8 Å². The number of halogens is 1. The fourth-order valence-corrected chi connectivity index (χ4v) is 3.15. The molecule has 0 aliphatic heterocycles. The molecule has 0 saturated carbocycles. The minimum atomic E-state index is -0.0544. The molecule has 0 unspecified atom stereocenters. The van der Waals surface area contributed by atoms with Crippen LogP contribution in [0.15, 0.2) is 67.0 Å². The molecule has 122 valence electrons. The van der Waals surface area contributed by atoms with E-state index in [1.54, 1.807) is 30.1 Å². The van der Waals surface area contributed by atoms with Crippen molar-refractivity contribution in [2.45, 2.75) is 5.75 Å². The van der Waals surface area contributed by atoms with Gasteiger partial charge in [-0.2, -0.15) is 5.10 Å². The van der Waals surface area contributed by atoms with Crippen molar-refractivity contribution in [2.75, 3.05) is 11.1 Å². The van der Waals surface area contributed by atoms with Crippen LogP contribution in [0.25, 0.3) is 5.69 Å². The van der Waals surface area contributed by atoms with Crippen LogP contribution in [0.3, 0.4) is 0 Å². The number of hydrogen-bond acceptors (Lipinski definition) is 3. The van der Waals surface area contributed by atoms with Gasteiger partial charge in [0.25, 0.3) is 0 Å². The Hall–Kier alpha value is -2.24. The molecular weight excluding hydrogens is 342 g/mol. The average molecular weight is 358 g/mol. The fraction of sp³-hybridized carbons (Fsp3) is 0.111. The van der Waals surface area contributed by atoms with E-state index in [1.165, 1.54) is 5.56 Å². The minimum absolute atomic E-state index is 0.0544. The molecule has 0 radical (unpaired) electrons. The number of nitrogens with zero attached hydrogens (tertiary/aromatic N) is 2. The number of rotatable bonds is 6. The Balaban J connectivity index is 1.48. The van der Waals surface area contributed by atoms with Gasteiger partial charge >= 0.3 is 0 Å². The number of para-hydroxylation sites is 1. The molecule has 24 heavy (non-hydrogen) atoms. The molecule has 1 N–H and O–H groups in total. The molecule has 4 nitrogen and oxygen atoms in total. The molecule has 0 spiro atoms. The van der Waals surface area contributed by atoms with Gasteiger partial charge in [-0.1, -0.05) is 35.9 Å². The van der Waals surface area contributed by atoms with Crippen molar-refractivity contribution in [3.63, 3.8) is 0 Å². The Morgan fingerprint density at radius 1 is 1.12 bits per heavy atom. The first-order chi connectivity index (χ1) is 11.7. The lowest BCUT2D eigenvalue weighted by atomic mass is 10.2. The van der Waals surface area contributed by atoms with Crippen LogP contribution >= 0.6 is 23.4 Å². The van der Waals surface area contributed by atoms with Gasteiger partial charge in [0.2, 0.25) is 5.91 Å². The predicted octanol–water partition coefficient (Wildman–Crippen LogP) is 4.40. The summed E-state index contributed by atoms with van der Waals surface area (Å²) in [5, 5.41) is 7.56. The highest BCUT2D eigenvalue weighted by molar-refractivity contribution is 7.99. The normalized spacial score (nSPS) is 10.5. The number of anilines is 1. The maximum Gasteiger partial charge on any atom is 0.234 e. The SMILES string of the molecule is O=C(CSCc1ccc(-n2cccn2)cc1)Nc1ccccc1Cl. The Kier molecular flexibility index (Phi) is 5.56. The lowest BCUT2D eigenvalue weighted by molar-refractivity contribution is -0.113. The second-order valence-electron chi connectivity index (χ2n) is 5.14. The van der Waals surface area contributed by atoms with Crippen molar-refractivity contribution in [2.24, 2.45) is 0 Å². The molecule has 1 heterocycles. The molecule has 0 atom stereocenters. The van der Waals surface area contributed by atoms with E-state index in [2.05, 4.69) is 22.5 Å². The zero-order chi connectivity index (χ0) is 16.8. The van der Waals surface area contributed by atoms with Crippen LogP contribution in [-0.4, -0.2) is 21.4 Å². The largest absolute Gasteiger partial charge is 0.324 e. The summed E-state index contributed by atoms with van der Waals surface area (Å²) in [7, 11) is 0. The van der Waals surface area contributed by atoms with Crippen LogP contribution in [-0.2, 0) is 10.5 Å². The molecule has 3 rings (SSSR count). The summed E-state index contributed by atoms with van der Waals surface area (Å²) in [5.74, 6) is 1.10. The van der Waals surface area contributed by atoms with Crippen LogP contribution < -0.4 is 5.32 Å². The van der Waals surface area contributed by atoms with Crippen LogP contribution in [0.5, 0.6) is 0 Å². The van der Waals surface area contributed by atoms with E-state index in [9.17, 15) is 4.79 Å². The smallest absolute Gasteiger partial charge is 0.234 e. The number of benzene rings is 2. The molecule has 0 saturated heterocycles. The lowest BCUT2D eigenvalue weighted by Crippen LogP contribution is -2.14. The average Bonchev–Trinajstić information content (AvgIpc) is 3.12. The zero-order valence-electron chi connectivity index (χ0n) is 12.9. The van der Waals surface area contributed by atoms with E-state index >= 15 is 0 Å². The number of thioether (sulfide) groups is 1. The van der Waals surface area contributed by atoms with Crippen LogP contribution in [0.1, 0.15) is 5.56 Å². The number of amides is 1. The third-order valence-electron chi connectivity index (χ3n) is 3.36. The standard InChI is InChI=1S/C18H16ClN3OS/c19-16-4-1-2-5-17(16)21-18(23)13-24-12-14-6-8-15(9-7-14)22-11-3-10-20-22/h1-11H,12-13H2,(H,21,23). The van der Waals surface area contributed by atoms with Crippen LogP contribution in [0, 0.1) is 0 Å². The summed E-state index contributed by atoms with van der Waals surface area (Å²) in [5.41, 5.74) is 2.83. The highest BCUT2D eigenvalue weighted by Gasteiger charge is 2.06. The molecule has 0 bridgehead atoms. The summed E-state index contributed by atoms with van der Waals surface area (Å²) < 4.78 is 1.81. The first-order valence-corrected chi connectivity index (χ1v) is 8.97. The number of carbonyl (C=O) groups excluding carboxylic acids is 1. The maximum absolute atomic E-state index is 12.0. The van der Waals surface area contributed by atoms with E-state index in [0.29, 0.717) is 16.5 Å². The van der Waals surface area contributed by atoms with Crippen LogP contribution in [0.2, 0.25) is 5.02 Å². The van der Waals surface area contributed by atoms with Gasteiger partial charge in [0, 0.05) is 18.1 Å². The Morgan fingerprint density at radius 3 is 2.62 bits per heavy atom. The Bertz CT molecular complexity index is 803. The summed E-state index contributed by atoms with van der Waals surface area (Å²) >= 11 is 7.59. The number of carbonyl (C=O) groups is 1. The van der Waals surface area contributed by atoms with Gasteiger partial charge in [-0.3, -0.25) is 4.79 Å². The topological polar surface area (TPSA) is 46.9 Å². The zero-order valence-corrected chi connectivity index (χ0v) is 14.4. The summed E-state index contributed by atoms with van der Waals surface area (Å²) in [4.78, 5) is 12.0. The predicted molar refractivity (Wildman–Crippen MR) is 99.8 cm³/mol. The van der Waals surface area contributed by atoms with Crippen LogP contribution in [0.4, 0.5) is 5.69 Å². The van der Waals surface area contributed by atoms with Gasteiger partial charge in [-0.25, -0.2) is 4.68 Å². The molecule has 0 aliphatic rings. The molecule has 1 aromatic heterocycles. The third-order valence-corrected chi connectivity index (χ3v) is 4.69. The van der Waals surface area contributed by atoms with Gasteiger partial charge in [0.15, 0.2) is 0 Å². The maximum atomic E-state index is 12.0.